The van der Waals surface area contributed by atoms with Gasteiger partial charge in [-0.05, 0) is 42.5 Å². The number of carbonyl (C=O) groups excluding carboxylic acids is 2. The summed E-state index contributed by atoms with van der Waals surface area (Å²) >= 11 is 0. The predicted molar refractivity (Wildman–Crippen MR) is 92.1 cm³/mol. The van der Waals surface area contributed by atoms with Gasteiger partial charge in [-0.2, -0.15) is 0 Å². The maximum Gasteiger partial charge on any atom is 0.262 e. The van der Waals surface area contributed by atoms with Crippen LogP contribution in [0.1, 0.15) is 10.4 Å². The van der Waals surface area contributed by atoms with Crippen molar-refractivity contribution in [3.05, 3.63) is 66.7 Å². The molecule has 25 heavy (non-hydrogen) atoms. The van der Waals surface area contributed by atoms with Crippen LogP contribution in [0.15, 0.2) is 61.2 Å². The van der Waals surface area contributed by atoms with Gasteiger partial charge in [-0.1, -0.05) is 0 Å². The summed E-state index contributed by atoms with van der Waals surface area (Å²) in [6.07, 6.45) is 5.22. The highest BCUT2D eigenvalue weighted by atomic mass is 16.5. The fourth-order valence-electron chi connectivity index (χ4n) is 2.56. The zero-order valence-electron chi connectivity index (χ0n) is 13.1. The quantitative estimate of drug-likeness (QED) is 0.770. The highest BCUT2D eigenvalue weighted by molar-refractivity contribution is 6.05. The molecule has 2 aromatic carbocycles. The Morgan fingerprint density at radius 1 is 1.20 bits per heavy atom. The Kier molecular flexibility index (Phi) is 3.66. The van der Waals surface area contributed by atoms with Crippen LogP contribution in [0.4, 0.5) is 11.4 Å². The number of amides is 2. The molecule has 0 aliphatic carbocycles. The van der Waals surface area contributed by atoms with Crippen molar-refractivity contribution in [1.29, 1.82) is 0 Å². The Hall–Kier alpha value is -3.61. The van der Waals surface area contributed by atoms with Crippen molar-refractivity contribution in [1.82, 2.24) is 9.55 Å². The van der Waals surface area contributed by atoms with E-state index < -0.39 is 0 Å². The van der Waals surface area contributed by atoms with E-state index in [1.807, 2.05) is 22.9 Å². The monoisotopic (exact) mass is 334 g/mol. The Morgan fingerprint density at radius 2 is 2.04 bits per heavy atom. The van der Waals surface area contributed by atoms with Gasteiger partial charge >= 0.3 is 0 Å². The van der Waals surface area contributed by atoms with E-state index in [9.17, 15) is 9.59 Å². The molecule has 0 saturated heterocycles. The number of imidazole rings is 1. The number of rotatable bonds is 3. The summed E-state index contributed by atoms with van der Waals surface area (Å²) in [5, 5.41) is 5.52. The Labute approximate surface area is 143 Å². The third-order valence-corrected chi connectivity index (χ3v) is 3.80. The van der Waals surface area contributed by atoms with Crippen LogP contribution in [0, 0.1) is 0 Å². The second kappa shape index (κ2) is 6.12. The molecular formula is C18H14N4O3. The van der Waals surface area contributed by atoms with Crippen LogP contribution in [0.2, 0.25) is 0 Å². The molecule has 1 aromatic heterocycles. The summed E-state index contributed by atoms with van der Waals surface area (Å²) in [5.74, 6) is 0.133. The van der Waals surface area contributed by atoms with Gasteiger partial charge < -0.3 is 19.9 Å². The molecule has 0 bridgehead atoms. The van der Waals surface area contributed by atoms with E-state index in [4.69, 9.17) is 4.74 Å². The van der Waals surface area contributed by atoms with Crippen molar-refractivity contribution in [3.63, 3.8) is 0 Å². The van der Waals surface area contributed by atoms with Gasteiger partial charge in [0, 0.05) is 29.3 Å². The maximum atomic E-state index is 12.4. The number of aromatic nitrogens is 2. The lowest BCUT2D eigenvalue weighted by Gasteiger charge is -2.18. The Balaban J connectivity index is 1.50. The molecule has 7 nitrogen and oxygen atoms in total. The normalized spacial score (nSPS) is 12.7. The molecule has 124 valence electrons. The van der Waals surface area contributed by atoms with Gasteiger partial charge in [-0.15, -0.1) is 0 Å². The molecule has 0 saturated carbocycles. The minimum atomic E-state index is -0.236. The fourth-order valence-corrected chi connectivity index (χ4v) is 2.56. The lowest BCUT2D eigenvalue weighted by Crippen LogP contribution is -2.25. The van der Waals surface area contributed by atoms with Gasteiger partial charge in [0.05, 0.1) is 12.0 Å². The number of benzene rings is 2. The molecule has 0 fully saturated rings. The van der Waals surface area contributed by atoms with E-state index in [1.54, 1.807) is 42.9 Å². The molecule has 7 heteroatoms. The van der Waals surface area contributed by atoms with Crippen LogP contribution >= 0.6 is 0 Å². The molecule has 0 unspecified atom stereocenters. The first-order valence-electron chi connectivity index (χ1n) is 7.65. The summed E-state index contributed by atoms with van der Waals surface area (Å²) in [5.41, 5.74) is 2.57. The van der Waals surface area contributed by atoms with Crippen molar-refractivity contribution in [3.8, 4) is 11.4 Å². The summed E-state index contributed by atoms with van der Waals surface area (Å²) in [7, 11) is 0. The summed E-state index contributed by atoms with van der Waals surface area (Å²) < 4.78 is 7.15. The minimum absolute atomic E-state index is 0.00195. The average molecular weight is 334 g/mol. The number of fused-ring (bicyclic) bond motifs is 1. The van der Waals surface area contributed by atoms with Crippen molar-refractivity contribution in [2.24, 2.45) is 0 Å². The number of hydrogen-bond donors (Lipinski definition) is 2. The summed E-state index contributed by atoms with van der Waals surface area (Å²) in [6, 6.07) is 12.3. The van der Waals surface area contributed by atoms with Crippen molar-refractivity contribution < 1.29 is 14.3 Å². The molecule has 0 atom stereocenters. The third-order valence-electron chi connectivity index (χ3n) is 3.80. The SMILES string of the molecule is O=C1COc2ccc(NC(=O)c3ccc(-n4ccnc4)cc3)cc2N1. The van der Waals surface area contributed by atoms with E-state index in [2.05, 4.69) is 15.6 Å². The van der Waals surface area contributed by atoms with Crippen molar-refractivity contribution >= 4 is 23.2 Å². The van der Waals surface area contributed by atoms with Crippen LogP contribution < -0.4 is 15.4 Å². The maximum absolute atomic E-state index is 12.4. The largest absolute Gasteiger partial charge is 0.482 e. The van der Waals surface area contributed by atoms with Gasteiger partial charge in [0.25, 0.3) is 11.8 Å². The van der Waals surface area contributed by atoms with E-state index in [-0.39, 0.29) is 18.4 Å². The van der Waals surface area contributed by atoms with E-state index in [0.29, 0.717) is 22.7 Å². The van der Waals surface area contributed by atoms with Gasteiger partial charge in [0.15, 0.2) is 6.61 Å². The summed E-state index contributed by atoms with van der Waals surface area (Å²) in [6.45, 7) is 0.00195. The van der Waals surface area contributed by atoms with Gasteiger partial charge in [-0.25, -0.2) is 4.98 Å². The second-order valence-corrected chi connectivity index (χ2v) is 5.52. The highest BCUT2D eigenvalue weighted by Gasteiger charge is 2.16. The molecule has 1 aliphatic rings. The molecule has 1 aliphatic heterocycles. The van der Waals surface area contributed by atoms with Crippen LogP contribution in [-0.2, 0) is 4.79 Å². The zero-order chi connectivity index (χ0) is 17.2. The average Bonchev–Trinajstić information content (AvgIpc) is 3.16. The molecule has 4 rings (SSSR count). The lowest BCUT2D eigenvalue weighted by atomic mass is 10.1. The topological polar surface area (TPSA) is 85.2 Å². The Morgan fingerprint density at radius 3 is 2.80 bits per heavy atom. The van der Waals surface area contributed by atoms with E-state index in [1.165, 1.54) is 0 Å². The predicted octanol–water partition coefficient (Wildman–Crippen LogP) is 2.46. The number of nitrogens with one attached hydrogen (secondary N) is 2. The number of nitrogens with zero attached hydrogens (tertiary/aromatic N) is 2. The fraction of sp³-hybridized carbons (Fsp3) is 0.0556. The number of ether oxygens (including phenoxy) is 1. The molecule has 0 spiro atoms. The second-order valence-electron chi connectivity index (χ2n) is 5.52. The van der Waals surface area contributed by atoms with Crippen LogP contribution in [0.5, 0.6) is 5.75 Å². The van der Waals surface area contributed by atoms with E-state index in [0.717, 1.165) is 5.69 Å². The highest BCUT2D eigenvalue weighted by Crippen LogP contribution is 2.30. The Bertz CT molecular complexity index is 933. The zero-order valence-corrected chi connectivity index (χ0v) is 13.1. The standard InChI is InChI=1S/C18H14N4O3/c23-17-10-25-16-6-3-13(9-15(16)21-17)20-18(24)12-1-4-14(5-2-12)22-8-7-19-11-22/h1-9,11H,10H2,(H,20,24)(H,21,23). The van der Waals surface area contributed by atoms with Crippen LogP contribution in [0.3, 0.4) is 0 Å². The first-order chi connectivity index (χ1) is 12.2. The number of hydrogen-bond acceptors (Lipinski definition) is 4. The summed E-state index contributed by atoms with van der Waals surface area (Å²) in [4.78, 5) is 27.8. The lowest BCUT2D eigenvalue weighted by molar-refractivity contribution is -0.118. The molecule has 0 radical (unpaired) electrons. The van der Waals surface area contributed by atoms with Gasteiger partial charge in [0.2, 0.25) is 0 Å². The molecule has 2 amide bonds. The van der Waals surface area contributed by atoms with Crippen LogP contribution in [0.25, 0.3) is 5.69 Å². The molecule has 3 aromatic rings. The van der Waals surface area contributed by atoms with Gasteiger partial charge in [0.1, 0.15) is 5.75 Å². The number of anilines is 2. The smallest absolute Gasteiger partial charge is 0.262 e. The van der Waals surface area contributed by atoms with Crippen molar-refractivity contribution in [2.45, 2.75) is 0 Å². The van der Waals surface area contributed by atoms with Crippen molar-refractivity contribution in [2.75, 3.05) is 17.2 Å². The van der Waals surface area contributed by atoms with Crippen LogP contribution in [-0.4, -0.2) is 28.0 Å². The first-order valence-corrected chi connectivity index (χ1v) is 7.65. The molecular weight excluding hydrogens is 320 g/mol. The molecule has 2 heterocycles. The first kappa shape index (κ1) is 14.9. The molecule has 2 N–H and O–H groups in total. The van der Waals surface area contributed by atoms with E-state index >= 15 is 0 Å². The van der Waals surface area contributed by atoms with Gasteiger partial charge in [-0.3, -0.25) is 9.59 Å². The minimum Gasteiger partial charge on any atom is -0.482 e. The third kappa shape index (κ3) is 3.07. The number of carbonyl (C=O) groups is 2.